The zero-order valence-corrected chi connectivity index (χ0v) is 11.7. The van der Waals surface area contributed by atoms with Gasteiger partial charge in [-0.2, -0.15) is 0 Å². The van der Waals surface area contributed by atoms with Crippen LogP contribution in [0, 0.1) is 16.7 Å². The standard InChI is InChI=1S/C14H21N3O/c1-13(2)11(14(13,3)4)12(18)17(5)10-6-7-16-8-9(10)15/h6-8,11H,15H2,1-5H3. The van der Waals surface area contributed by atoms with Gasteiger partial charge in [-0.3, -0.25) is 9.78 Å². The molecule has 0 aromatic carbocycles. The Morgan fingerprint density at radius 2 is 1.89 bits per heavy atom. The van der Waals surface area contributed by atoms with Gasteiger partial charge in [-0.15, -0.1) is 0 Å². The number of nitrogens with zero attached hydrogens (tertiary/aromatic N) is 2. The van der Waals surface area contributed by atoms with E-state index in [1.54, 1.807) is 30.4 Å². The Hall–Kier alpha value is -1.58. The van der Waals surface area contributed by atoms with Gasteiger partial charge in [-0.25, -0.2) is 0 Å². The zero-order valence-electron chi connectivity index (χ0n) is 11.7. The van der Waals surface area contributed by atoms with Crippen LogP contribution >= 0.6 is 0 Å². The molecule has 4 heteroatoms. The summed E-state index contributed by atoms with van der Waals surface area (Å²) in [6.45, 7) is 8.55. The van der Waals surface area contributed by atoms with Gasteiger partial charge in [-0.05, 0) is 16.9 Å². The topological polar surface area (TPSA) is 59.2 Å². The number of pyridine rings is 1. The van der Waals surface area contributed by atoms with E-state index in [4.69, 9.17) is 5.73 Å². The van der Waals surface area contributed by atoms with Crippen LogP contribution in [0.3, 0.4) is 0 Å². The number of carbonyl (C=O) groups is 1. The molecule has 1 aromatic heterocycles. The van der Waals surface area contributed by atoms with E-state index in [1.165, 1.54) is 0 Å². The number of anilines is 2. The second-order valence-electron chi connectivity index (χ2n) is 6.21. The minimum Gasteiger partial charge on any atom is -0.396 e. The Morgan fingerprint density at radius 1 is 1.33 bits per heavy atom. The summed E-state index contributed by atoms with van der Waals surface area (Å²) >= 11 is 0. The molecule has 1 heterocycles. The Bertz CT molecular complexity index is 480. The van der Waals surface area contributed by atoms with Crippen LogP contribution in [-0.2, 0) is 4.79 Å². The number of carbonyl (C=O) groups excluding carboxylic acids is 1. The molecule has 2 rings (SSSR count). The van der Waals surface area contributed by atoms with Crippen molar-refractivity contribution < 1.29 is 4.79 Å². The van der Waals surface area contributed by atoms with E-state index in [1.807, 2.05) is 0 Å². The first-order valence-corrected chi connectivity index (χ1v) is 6.18. The molecule has 1 aromatic rings. The number of nitrogens with two attached hydrogens (primary N) is 1. The van der Waals surface area contributed by atoms with Crippen molar-refractivity contribution in [3.63, 3.8) is 0 Å². The minimum atomic E-state index is 0.0418. The SMILES string of the molecule is CN(C(=O)C1C(C)(C)C1(C)C)c1ccncc1N. The molecule has 1 aliphatic carbocycles. The average Bonchev–Trinajstić information content (AvgIpc) is 2.68. The fourth-order valence-corrected chi connectivity index (χ4v) is 2.83. The van der Waals surface area contributed by atoms with Crippen molar-refractivity contribution in [3.8, 4) is 0 Å². The highest BCUT2D eigenvalue weighted by atomic mass is 16.2. The van der Waals surface area contributed by atoms with E-state index < -0.39 is 0 Å². The number of amides is 1. The molecule has 1 saturated carbocycles. The van der Waals surface area contributed by atoms with Crippen LogP contribution in [0.25, 0.3) is 0 Å². The highest BCUT2D eigenvalue weighted by Gasteiger charge is 2.68. The molecule has 0 radical (unpaired) electrons. The zero-order chi connectivity index (χ0) is 13.7. The van der Waals surface area contributed by atoms with Crippen molar-refractivity contribution in [3.05, 3.63) is 18.5 Å². The summed E-state index contributed by atoms with van der Waals surface area (Å²) in [6, 6.07) is 1.77. The third-order valence-corrected chi connectivity index (χ3v) is 4.79. The van der Waals surface area contributed by atoms with E-state index in [-0.39, 0.29) is 22.7 Å². The van der Waals surface area contributed by atoms with Gasteiger partial charge in [0, 0.05) is 19.2 Å². The minimum absolute atomic E-state index is 0.0418. The Labute approximate surface area is 108 Å². The van der Waals surface area contributed by atoms with Crippen LogP contribution in [0.5, 0.6) is 0 Å². The molecular formula is C14H21N3O. The van der Waals surface area contributed by atoms with E-state index in [0.29, 0.717) is 5.69 Å². The normalized spacial score (nSPS) is 20.5. The number of aromatic nitrogens is 1. The van der Waals surface area contributed by atoms with Crippen LogP contribution in [-0.4, -0.2) is 17.9 Å². The Kier molecular flexibility index (Phi) is 2.65. The van der Waals surface area contributed by atoms with Gasteiger partial charge < -0.3 is 10.6 Å². The number of rotatable bonds is 2. The van der Waals surface area contributed by atoms with Gasteiger partial charge in [0.1, 0.15) is 0 Å². The van der Waals surface area contributed by atoms with E-state index in [2.05, 4.69) is 32.7 Å². The summed E-state index contributed by atoms with van der Waals surface area (Å²) in [6.07, 6.45) is 3.22. The Morgan fingerprint density at radius 3 is 2.33 bits per heavy atom. The lowest BCUT2D eigenvalue weighted by Gasteiger charge is -2.20. The summed E-state index contributed by atoms with van der Waals surface area (Å²) in [5.41, 5.74) is 7.20. The predicted molar refractivity (Wildman–Crippen MR) is 73.1 cm³/mol. The molecule has 1 fully saturated rings. The second-order valence-corrected chi connectivity index (χ2v) is 6.21. The molecule has 0 unspecified atom stereocenters. The van der Waals surface area contributed by atoms with Gasteiger partial charge in [0.2, 0.25) is 5.91 Å². The van der Waals surface area contributed by atoms with Crippen molar-refractivity contribution in [2.75, 3.05) is 17.7 Å². The first-order chi connectivity index (χ1) is 8.21. The second kappa shape index (κ2) is 3.70. The summed E-state index contributed by atoms with van der Waals surface area (Å²) in [5, 5.41) is 0. The molecule has 2 N–H and O–H groups in total. The molecule has 98 valence electrons. The first-order valence-electron chi connectivity index (χ1n) is 6.18. The molecule has 1 amide bonds. The smallest absolute Gasteiger partial charge is 0.231 e. The van der Waals surface area contributed by atoms with Crippen LogP contribution in [0.2, 0.25) is 0 Å². The fourth-order valence-electron chi connectivity index (χ4n) is 2.83. The summed E-state index contributed by atoms with van der Waals surface area (Å²) in [4.78, 5) is 18.1. The number of hydrogen-bond donors (Lipinski definition) is 1. The molecule has 0 atom stereocenters. The number of nitrogen functional groups attached to an aromatic ring is 1. The van der Waals surface area contributed by atoms with Gasteiger partial charge >= 0.3 is 0 Å². The molecule has 1 aliphatic rings. The molecule has 0 bridgehead atoms. The van der Waals surface area contributed by atoms with Gasteiger partial charge in [0.25, 0.3) is 0 Å². The van der Waals surface area contributed by atoms with Crippen molar-refractivity contribution in [2.24, 2.45) is 16.7 Å². The highest BCUT2D eigenvalue weighted by molar-refractivity contribution is 5.99. The predicted octanol–water partition coefficient (Wildman–Crippen LogP) is 2.31. The van der Waals surface area contributed by atoms with E-state index in [0.717, 1.165) is 5.69 Å². The van der Waals surface area contributed by atoms with Crippen LogP contribution in [0.15, 0.2) is 18.5 Å². The maximum Gasteiger partial charge on any atom is 0.231 e. The first kappa shape index (κ1) is 12.9. The van der Waals surface area contributed by atoms with Gasteiger partial charge in [-0.1, -0.05) is 27.7 Å². The number of hydrogen-bond acceptors (Lipinski definition) is 3. The molecular weight excluding hydrogens is 226 g/mol. The third kappa shape index (κ3) is 1.59. The lowest BCUT2D eigenvalue weighted by atomic mass is 10.0. The van der Waals surface area contributed by atoms with Gasteiger partial charge in [0.05, 0.1) is 17.6 Å². The van der Waals surface area contributed by atoms with Gasteiger partial charge in [0.15, 0.2) is 0 Å². The van der Waals surface area contributed by atoms with Crippen molar-refractivity contribution in [1.29, 1.82) is 0 Å². The van der Waals surface area contributed by atoms with E-state index in [9.17, 15) is 4.79 Å². The summed E-state index contributed by atoms with van der Waals surface area (Å²) in [5.74, 6) is 0.172. The highest BCUT2D eigenvalue weighted by Crippen LogP contribution is 2.68. The molecule has 18 heavy (non-hydrogen) atoms. The largest absolute Gasteiger partial charge is 0.396 e. The average molecular weight is 247 g/mol. The molecule has 4 nitrogen and oxygen atoms in total. The molecule has 0 aliphatic heterocycles. The lowest BCUT2D eigenvalue weighted by Crippen LogP contribution is -2.30. The quantitative estimate of drug-likeness (QED) is 0.872. The van der Waals surface area contributed by atoms with E-state index >= 15 is 0 Å². The van der Waals surface area contributed by atoms with Crippen LogP contribution < -0.4 is 10.6 Å². The third-order valence-electron chi connectivity index (χ3n) is 4.79. The van der Waals surface area contributed by atoms with Crippen LogP contribution in [0.4, 0.5) is 11.4 Å². The maximum absolute atomic E-state index is 12.5. The fraction of sp³-hybridized carbons (Fsp3) is 0.571. The van der Waals surface area contributed by atoms with Crippen molar-refractivity contribution >= 4 is 17.3 Å². The molecule has 0 saturated heterocycles. The summed E-state index contributed by atoms with van der Waals surface area (Å²) < 4.78 is 0. The summed E-state index contributed by atoms with van der Waals surface area (Å²) in [7, 11) is 1.78. The Balaban J connectivity index is 2.25. The van der Waals surface area contributed by atoms with Crippen molar-refractivity contribution in [1.82, 2.24) is 4.98 Å². The van der Waals surface area contributed by atoms with Crippen molar-refractivity contribution in [2.45, 2.75) is 27.7 Å². The van der Waals surface area contributed by atoms with Crippen LogP contribution in [0.1, 0.15) is 27.7 Å². The lowest BCUT2D eigenvalue weighted by molar-refractivity contribution is -0.120. The maximum atomic E-state index is 12.5. The molecule has 0 spiro atoms. The monoisotopic (exact) mass is 247 g/mol.